The first-order valence-corrected chi connectivity index (χ1v) is 10.9. The molecule has 8 heteroatoms. The maximum absolute atomic E-state index is 13.9. The Hall–Kier alpha value is -3.55. The van der Waals surface area contributed by atoms with Crippen LogP contribution in [0, 0.1) is 5.82 Å². The van der Waals surface area contributed by atoms with Crippen LogP contribution in [0.2, 0.25) is 0 Å². The number of nitrogens with one attached hydrogen (secondary N) is 2. The Bertz CT molecular complexity index is 1070. The first-order chi connectivity index (χ1) is 15.5. The van der Waals surface area contributed by atoms with Crippen molar-refractivity contribution in [1.29, 1.82) is 0 Å². The van der Waals surface area contributed by atoms with Gasteiger partial charge < -0.3 is 15.0 Å². The lowest BCUT2D eigenvalue weighted by atomic mass is 10.1. The number of carbonyl (C=O) groups excluding carboxylic acids is 1. The molecule has 1 saturated heterocycles. The van der Waals surface area contributed by atoms with Crippen molar-refractivity contribution < 1.29 is 13.9 Å². The maximum atomic E-state index is 13.9. The van der Waals surface area contributed by atoms with Crippen LogP contribution in [0.1, 0.15) is 26.2 Å². The molecular formula is C24H28FN5O2. The molecule has 2 amide bonds. The van der Waals surface area contributed by atoms with E-state index in [0.29, 0.717) is 29.4 Å². The molecule has 0 spiro atoms. The van der Waals surface area contributed by atoms with Gasteiger partial charge in [0.15, 0.2) is 5.82 Å². The predicted octanol–water partition coefficient (Wildman–Crippen LogP) is 5.26. The summed E-state index contributed by atoms with van der Waals surface area (Å²) >= 11 is 0. The van der Waals surface area contributed by atoms with Crippen LogP contribution in [0.4, 0.5) is 26.4 Å². The Balaban J connectivity index is 1.61. The first-order valence-electron chi connectivity index (χ1n) is 10.9. The molecule has 0 atom stereocenters. The normalized spacial score (nSPS) is 13.7. The third-order valence-electron chi connectivity index (χ3n) is 5.45. The molecule has 3 aromatic rings. The monoisotopic (exact) mass is 437 g/mol. The van der Waals surface area contributed by atoms with E-state index in [1.54, 1.807) is 29.9 Å². The highest BCUT2D eigenvalue weighted by molar-refractivity contribution is 6.02. The van der Waals surface area contributed by atoms with Gasteiger partial charge in [-0.15, -0.1) is 0 Å². The third-order valence-corrected chi connectivity index (χ3v) is 5.45. The van der Waals surface area contributed by atoms with Gasteiger partial charge in [0, 0.05) is 31.4 Å². The molecule has 168 valence electrons. The number of hydrogen-bond acceptors (Lipinski definition) is 4. The molecule has 1 fully saturated rings. The Morgan fingerprint density at radius 2 is 1.84 bits per heavy atom. The van der Waals surface area contributed by atoms with E-state index in [-0.39, 0.29) is 11.8 Å². The average molecular weight is 438 g/mol. The maximum Gasteiger partial charge on any atom is 0.324 e. The number of carbonyl (C=O) groups is 1. The summed E-state index contributed by atoms with van der Waals surface area (Å²) < 4.78 is 21.0. The van der Waals surface area contributed by atoms with Gasteiger partial charge in [-0.1, -0.05) is 12.1 Å². The van der Waals surface area contributed by atoms with Gasteiger partial charge in [0.2, 0.25) is 0 Å². The molecule has 0 unspecified atom stereocenters. The van der Waals surface area contributed by atoms with E-state index in [2.05, 4.69) is 20.6 Å². The van der Waals surface area contributed by atoms with E-state index in [4.69, 9.17) is 4.74 Å². The summed E-state index contributed by atoms with van der Waals surface area (Å²) in [5.41, 5.74) is 2.81. The minimum atomic E-state index is -0.374. The van der Waals surface area contributed by atoms with Crippen molar-refractivity contribution in [2.45, 2.75) is 26.2 Å². The number of hydrogen-bond donors (Lipinski definition) is 2. The highest BCUT2D eigenvalue weighted by Gasteiger charge is 2.25. The van der Waals surface area contributed by atoms with Crippen LogP contribution < -0.4 is 20.3 Å². The largest absolute Gasteiger partial charge is 0.494 e. The van der Waals surface area contributed by atoms with Gasteiger partial charge in [-0.3, -0.25) is 5.32 Å². The quantitative estimate of drug-likeness (QED) is 0.552. The van der Waals surface area contributed by atoms with Crippen LogP contribution in [-0.2, 0) is 7.05 Å². The SMILES string of the molecule is CCOc1ccc(NC(=O)Nc2c(N3CCCCC3)c(-c3cccc(F)c3)nn2C)cc1. The zero-order valence-corrected chi connectivity index (χ0v) is 18.4. The Labute approximate surface area is 187 Å². The lowest BCUT2D eigenvalue weighted by Gasteiger charge is -2.29. The molecule has 0 bridgehead atoms. The summed E-state index contributed by atoms with van der Waals surface area (Å²) in [6.07, 6.45) is 3.30. The van der Waals surface area contributed by atoms with Crippen LogP contribution >= 0.6 is 0 Å². The standard InChI is InChI=1S/C24H28FN5O2/c1-3-32-20-12-10-19(11-13-20)26-24(31)27-23-22(30-14-5-4-6-15-30)21(28-29(23)2)17-8-7-9-18(25)16-17/h7-13,16H,3-6,14-15H2,1-2H3,(H2,26,27,31). The predicted molar refractivity (Wildman–Crippen MR) is 125 cm³/mol. The van der Waals surface area contributed by atoms with Crippen molar-refractivity contribution >= 4 is 23.2 Å². The van der Waals surface area contributed by atoms with E-state index in [1.807, 2.05) is 25.1 Å². The summed E-state index contributed by atoms with van der Waals surface area (Å²) in [6.45, 7) is 4.23. The number of aromatic nitrogens is 2. The van der Waals surface area contributed by atoms with Crippen molar-refractivity contribution in [2.75, 3.05) is 35.2 Å². The molecule has 0 radical (unpaired) electrons. The van der Waals surface area contributed by atoms with Crippen LogP contribution in [0.3, 0.4) is 0 Å². The van der Waals surface area contributed by atoms with Gasteiger partial charge in [0.05, 0.1) is 6.61 Å². The van der Waals surface area contributed by atoms with Gasteiger partial charge in [-0.2, -0.15) is 5.10 Å². The minimum Gasteiger partial charge on any atom is -0.494 e. The molecule has 2 heterocycles. The second-order valence-electron chi connectivity index (χ2n) is 7.76. The van der Waals surface area contributed by atoms with E-state index < -0.39 is 0 Å². The number of rotatable bonds is 6. The Kier molecular flexibility index (Phi) is 6.58. The number of anilines is 3. The zero-order chi connectivity index (χ0) is 22.5. The molecule has 1 aliphatic rings. The average Bonchev–Trinajstić information content (AvgIpc) is 3.12. The van der Waals surface area contributed by atoms with Crippen LogP contribution in [0.25, 0.3) is 11.3 Å². The van der Waals surface area contributed by atoms with Crippen LogP contribution in [-0.4, -0.2) is 35.5 Å². The molecule has 7 nitrogen and oxygen atoms in total. The highest BCUT2D eigenvalue weighted by Crippen LogP contribution is 2.38. The molecule has 4 rings (SSSR count). The summed E-state index contributed by atoms with van der Waals surface area (Å²) in [4.78, 5) is 15.0. The fraction of sp³-hybridized carbons (Fsp3) is 0.333. The third kappa shape index (κ3) is 4.85. The van der Waals surface area contributed by atoms with E-state index in [1.165, 1.54) is 18.6 Å². The minimum absolute atomic E-state index is 0.319. The van der Waals surface area contributed by atoms with Crippen molar-refractivity contribution in [3.63, 3.8) is 0 Å². The van der Waals surface area contributed by atoms with Crippen molar-refractivity contribution in [3.05, 3.63) is 54.3 Å². The first kappa shape index (κ1) is 21.7. The fourth-order valence-electron chi connectivity index (χ4n) is 3.97. The number of urea groups is 1. The molecule has 2 N–H and O–H groups in total. The van der Waals surface area contributed by atoms with E-state index in [0.717, 1.165) is 37.4 Å². The van der Waals surface area contributed by atoms with Gasteiger partial charge >= 0.3 is 6.03 Å². The second kappa shape index (κ2) is 9.72. The molecule has 0 aliphatic carbocycles. The number of ether oxygens (including phenoxy) is 1. The van der Waals surface area contributed by atoms with E-state index >= 15 is 0 Å². The summed E-state index contributed by atoms with van der Waals surface area (Å²) in [5.74, 6) is 1.01. The number of halogens is 1. The van der Waals surface area contributed by atoms with Crippen molar-refractivity contribution in [2.24, 2.45) is 7.05 Å². The van der Waals surface area contributed by atoms with Crippen LogP contribution in [0.5, 0.6) is 5.75 Å². The molecule has 0 saturated carbocycles. The number of amides is 2. The van der Waals surface area contributed by atoms with Crippen LogP contribution in [0.15, 0.2) is 48.5 Å². The number of aryl methyl sites for hydroxylation is 1. The second-order valence-corrected chi connectivity index (χ2v) is 7.76. The summed E-state index contributed by atoms with van der Waals surface area (Å²) in [7, 11) is 1.78. The van der Waals surface area contributed by atoms with E-state index in [9.17, 15) is 9.18 Å². The van der Waals surface area contributed by atoms with Gasteiger partial charge in [0.1, 0.15) is 22.9 Å². The van der Waals surface area contributed by atoms with Gasteiger partial charge in [0.25, 0.3) is 0 Å². The number of nitrogens with zero attached hydrogens (tertiary/aromatic N) is 3. The van der Waals surface area contributed by atoms with Gasteiger partial charge in [-0.05, 0) is 62.6 Å². The molecule has 32 heavy (non-hydrogen) atoms. The Morgan fingerprint density at radius 1 is 1.09 bits per heavy atom. The molecule has 1 aromatic heterocycles. The zero-order valence-electron chi connectivity index (χ0n) is 18.4. The highest BCUT2D eigenvalue weighted by atomic mass is 19.1. The smallest absolute Gasteiger partial charge is 0.324 e. The molecule has 1 aliphatic heterocycles. The lowest BCUT2D eigenvalue weighted by molar-refractivity contribution is 0.262. The number of piperidine rings is 1. The summed E-state index contributed by atoms with van der Waals surface area (Å²) in [6, 6.07) is 13.2. The summed E-state index contributed by atoms with van der Waals surface area (Å²) in [5, 5.41) is 10.4. The topological polar surface area (TPSA) is 71.4 Å². The fourth-order valence-corrected chi connectivity index (χ4v) is 3.97. The van der Waals surface area contributed by atoms with Gasteiger partial charge in [-0.25, -0.2) is 13.9 Å². The van der Waals surface area contributed by atoms with Crippen molar-refractivity contribution in [1.82, 2.24) is 9.78 Å². The molecular weight excluding hydrogens is 409 g/mol. The van der Waals surface area contributed by atoms with Crippen molar-refractivity contribution in [3.8, 4) is 17.0 Å². The molecule has 2 aromatic carbocycles. The lowest BCUT2D eigenvalue weighted by Crippen LogP contribution is -2.31. The Morgan fingerprint density at radius 3 is 2.53 bits per heavy atom. The number of benzene rings is 2.